The summed E-state index contributed by atoms with van der Waals surface area (Å²) in [6.07, 6.45) is 1.67. The van der Waals surface area contributed by atoms with Crippen molar-refractivity contribution in [2.24, 2.45) is 5.73 Å². The highest BCUT2D eigenvalue weighted by Gasteiger charge is 2.15. The molecular formula is C15H22ClNO3. The van der Waals surface area contributed by atoms with Crippen LogP contribution in [0.5, 0.6) is 17.2 Å². The van der Waals surface area contributed by atoms with Gasteiger partial charge in [0.05, 0.1) is 14.2 Å². The Morgan fingerprint density at radius 2 is 1.85 bits per heavy atom. The summed E-state index contributed by atoms with van der Waals surface area (Å²) in [7, 11) is 3.17. The number of methoxy groups -OCH3 is 2. The van der Waals surface area contributed by atoms with Gasteiger partial charge >= 0.3 is 0 Å². The van der Waals surface area contributed by atoms with Crippen LogP contribution in [0.4, 0.5) is 0 Å². The van der Waals surface area contributed by atoms with Crippen molar-refractivity contribution < 1.29 is 14.2 Å². The van der Waals surface area contributed by atoms with Gasteiger partial charge < -0.3 is 19.9 Å². The third-order valence-corrected chi connectivity index (χ3v) is 3.02. The molecule has 0 aliphatic rings. The molecule has 0 aromatic heterocycles. The van der Waals surface area contributed by atoms with Gasteiger partial charge in [-0.25, -0.2) is 0 Å². The van der Waals surface area contributed by atoms with Crippen molar-refractivity contribution >= 4 is 11.6 Å². The van der Waals surface area contributed by atoms with Crippen LogP contribution in [0, 0.1) is 0 Å². The first-order valence-corrected chi connectivity index (χ1v) is 6.86. The van der Waals surface area contributed by atoms with Gasteiger partial charge in [-0.1, -0.05) is 25.1 Å². The standard InChI is InChI=1S/C15H22ClNO3/c1-5-12(17)6-11-7-13(18-3)15(14(8-11)19-4)20-9-10(2)16/h7-8,12H,2,5-6,9,17H2,1,3-4H3. The molecule has 0 bridgehead atoms. The number of nitrogens with two attached hydrogens (primary N) is 1. The summed E-state index contributed by atoms with van der Waals surface area (Å²) < 4.78 is 16.3. The Balaban J connectivity index is 3.07. The van der Waals surface area contributed by atoms with Crippen LogP contribution in [0.1, 0.15) is 18.9 Å². The van der Waals surface area contributed by atoms with Crippen molar-refractivity contribution in [3.05, 3.63) is 29.3 Å². The van der Waals surface area contributed by atoms with Crippen LogP contribution >= 0.6 is 11.6 Å². The zero-order chi connectivity index (χ0) is 15.1. The van der Waals surface area contributed by atoms with Gasteiger partial charge in [0.2, 0.25) is 5.75 Å². The molecule has 0 heterocycles. The highest BCUT2D eigenvalue weighted by Crippen LogP contribution is 2.39. The van der Waals surface area contributed by atoms with Crippen LogP contribution in [0.3, 0.4) is 0 Å². The van der Waals surface area contributed by atoms with E-state index in [9.17, 15) is 0 Å². The SMILES string of the molecule is C=C(Cl)COc1c(OC)cc(CC(N)CC)cc1OC. The highest BCUT2D eigenvalue weighted by atomic mass is 35.5. The first-order valence-electron chi connectivity index (χ1n) is 6.48. The molecule has 0 spiro atoms. The average Bonchev–Trinajstić information content (AvgIpc) is 2.44. The van der Waals surface area contributed by atoms with Crippen LogP contribution in [0.15, 0.2) is 23.7 Å². The topological polar surface area (TPSA) is 53.7 Å². The van der Waals surface area contributed by atoms with E-state index in [2.05, 4.69) is 13.5 Å². The van der Waals surface area contributed by atoms with Gasteiger partial charge in [0.1, 0.15) is 6.61 Å². The van der Waals surface area contributed by atoms with E-state index in [0.717, 1.165) is 18.4 Å². The Bertz CT molecular complexity index is 437. The van der Waals surface area contributed by atoms with Gasteiger partial charge in [-0.15, -0.1) is 0 Å². The molecule has 5 heteroatoms. The minimum absolute atomic E-state index is 0.110. The molecule has 2 N–H and O–H groups in total. The molecule has 1 aromatic rings. The first-order chi connectivity index (χ1) is 9.51. The lowest BCUT2D eigenvalue weighted by Crippen LogP contribution is -2.21. The average molecular weight is 300 g/mol. The number of hydrogen-bond donors (Lipinski definition) is 1. The van der Waals surface area contributed by atoms with E-state index in [1.54, 1.807) is 14.2 Å². The molecule has 0 aliphatic carbocycles. The van der Waals surface area contributed by atoms with Crippen molar-refractivity contribution in [1.82, 2.24) is 0 Å². The van der Waals surface area contributed by atoms with E-state index in [0.29, 0.717) is 22.3 Å². The molecule has 1 unspecified atom stereocenters. The number of halogens is 1. The zero-order valence-corrected chi connectivity index (χ0v) is 13.0. The molecule has 0 saturated heterocycles. The van der Waals surface area contributed by atoms with Crippen LogP contribution in [-0.4, -0.2) is 26.9 Å². The Morgan fingerprint density at radius 1 is 1.30 bits per heavy atom. The monoisotopic (exact) mass is 299 g/mol. The minimum Gasteiger partial charge on any atom is -0.493 e. The highest BCUT2D eigenvalue weighted by molar-refractivity contribution is 6.29. The lowest BCUT2D eigenvalue weighted by Gasteiger charge is -2.17. The smallest absolute Gasteiger partial charge is 0.203 e. The Hall–Kier alpha value is -1.39. The molecule has 0 fully saturated rings. The third kappa shape index (κ3) is 4.62. The van der Waals surface area contributed by atoms with Crippen molar-refractivity contribution in [2.75, 3.05) is 20.8 Å². The molecule has 1 atom stereocenters. The molecule has 0 saturated carbocycles. The summed E-state index contributed by atoms with van der Waals surface area (Å²) >= 11 is 5.72. The summed E-state index contributed by atoms with van der Waals surface area (Å²) in [5.74, 6) is 1.71. The number of hydrogen-bond acceptors (Lipinski definition) is 4. The predicted octanol–water partition coefficient (Wildman–Crippen LogP) is 3.11. The fraction of sp³-hybridized carbons (Fsp3) is 0.467. The molecule has 112 valence electrons. The van der Waals surface area contributed by atoms with E-state index >= 15 is 0 Å². The van der Waals surface area contributed by atoms with Gasteiger partial charge in [0.25, 0.3) is 0 Å². The Morgan fingerprint density at radius 3 is 2.25 bits per heavy atom. The van der Waals surface area contributed by atoms with Crippen molar-refractivity contribution in [3.63, 3.8) is 0 Å². The molecular weight excluding hydrogens is 278 g/mol. The summed E-state index contributed by atoms with van der Waals surface area (Å²) in [4.78, 5) is 0. The van der Waals surface area contributed by atoms with Gasteiger partial charge in [-0.05, 0) is 30.5 Å². The second-order valence-corrected chi connectivity index (χ2v) is 5.04. The second kappa shape index (κ2) is 8.02. The lowest BCUT2D eigenvalue weighted by atomic mass is 10.0. The zero-order valence-electron chi connectivity index (χ0n) is 12.2. The molecule has 0 amide bonds. The van der Waals surface area contributed by atoms with Crippen LogP contribution in [0.25, 0.3) is 0 Å². The summed E-state index contributed by atoms with van der Waals surface area (Å²) in [5.41, 5.74) is 7.03. The number of benzene rings is 1. The fourth-order valence-electron chi connectivity index (χ4n) is 1.79. The summed E-state index contributed by atoms with van der Waals surface area (Å²) in [6.45, 7) is 5.85. The van der Waals surface area contributed by atoms with Gasteiger partial charge in [0.15, 0.2) is 11.5 Å². The maximum absolute atomic E-state index is 5.98. The maximum atomic E-state index is 5.98. The molecule has 0 aliphatic heterocycles. The molecule has 1 aromatic carbocycles. The van der Waals surface area contributed by atoms with E-state index in [-0.39, 0.29) is 12.6 Å². The van der Waals surface area contributed by atoms with Crippen LogP contribution in [-0.2, 0) is 6.42 Å². The Kier molecular flexibility index (Phi) is 6.68. The van der Waals surface area contributed by atoms with E-state index in [4.69, 9.17) is 31.5 Å². The van der Waals surface area contributed by atoms with E-state index < -0.39 is 0 Å². The number of rotatable bonds is 8. The molecule has 0 radical (unpaired) electrons. The van der Waals surface area contributed by atoms with E-state index in [1.807, 2.05) is 12.1 Å². The normalized spacial score (nSPS) is 11.8. The molecule has 1 rings (SSSR count). The van der Waals surface area contributed by atoms with Gasteiger partial charge in [-0.2, -0.15) is 0 Å². The van der Waals surface area contributed by atoms with Crippen molar-refractivity contribution in [1.29, 1.82) is 0 Å². The quantitative estimate of drug-likeness (QED) is 0.801. The van der Waals surface area contributed by atoms with Gasteiger partial charge in [0, 0.05) is 11.1 Å². The Labute approximate surface area is 125 Å². The molecule has 4 nitrogen and oxygen atoms in total. The van der Waals surface area contributed by atoms with E-state index in [1.165, 1.54) is 0 Å². The van der Waals surface area contributed by atoms with Crippen molar-refractivity contribution in [3.8, 4) is 17.2 Å². The lowest BCUT2D eigenvalue weighted by molar-refractivity contribution is 0.298. The predicted molar refractivity (Wildman–Crippen MR) is 82.0 cm³/mol. The van der Waals surface area contributed by atoms with Crippen molar-refractivity contribution in [2.45, 2.75) is 25.8 Å². The third-order valence-electron chi connectivity index (χ3n) is 2.92. The fourth-order valence-corrected chi connectivity index (χ4v) is 1.85. The second-order valence-electron chi connectivity index (χ2n) is 4.51. The molecule has 20 heavy (non-hydrogen) atoms. The largest absolute Gasteiger partial charge is 0.493 e. The van der Waals surface area contributed by atoms with Crippen LogP contribution in [0.2, 0.25) is 0 Å². The summed E-state index contributed by atoms with van der Waals surface area (Å²) in [5, 5.41) is 0.409. The van der Waals surface area contributed by atoms with Gasteiger partial charge in [-0.3, -0.25) is 0 Å². The van der Waals surface area contributed by atoms with Crippen LogP contribution < -0.4 is 19.9 Å². The minimum atomic E-state index is 0.110. The number of ether oxygens (including phenoxy) is 3. The summed E-state index contributed by atoms with van der Waals surface area (Å²) in [6, 6.07) is 3.92. The maximum Gasteiger partial charge on any atom is 0.203 e. The first kappa shape index (κ1) is 16.7.